The van der Waals surface area contributed by atoms with Crippen LogP contribution in [0.4, 0.5) is 10.9 Å². The fourth-order valence-corrected chi connectivity index (χ4v) is 4.57. The van der Waals surface area contributed by atoms with Crippen LogP contribution in [-0.4, -0.2) is 61.4 Å². The van der Waals surface area contributed by atoms with E-state index in [9.17, 15) is 0 Å². The average Bonchev–Trinajstić information content (AvgIpc) is 3.32. The Balaban J connectivity index is 1.22. The first-order valence-corrected chi connectivity index (χ1v) is 12.2. The molecule has 10 heteroatoms. The number of rotatable bonds is 6. The molecule has 2 aliphatic heterocycles. The standard InChI is InChI=1S/C23H25ClN6O2S/c24-16-4-1-5-17(12-16)32-14-18-13-30(10-11-31-18)21-7-2-6-19(27-21)20-15-33-23(28-20)29-22-25-8-3-9-26-22/h1-2,4-7,12,15,18H,3,8-11,13-14H2,(H2,25,26,28,29). The molecule has 172 valence electrons. The Bertz CT molecular complexity index is 1120. The van der Waals surface area contributed by atoms with Crippen molar-refractivity contribution < 1.29 is 9.47 Å². The van der Waals surface area contributed by atoms with Crippen LogP contribution < -0.4 is 20.3 Å². The van der Waals surface area contributed by atoms with Crippen LogP contribution in [0.1, 0.15) is 6.42 Å². The number of pyridine rings is 1. The molecule has 8 nitrogen and oxygen atoms in total. The molecule has 33 heavy (non-hydrogen) atoms. The molecule has 1 aromatic carbocycles. The van der Waals surface area contributed by atoms with Gasteiger partial charge in [0.25, 0.3) is 0 Å². The summed E-state index contributed by atoms with van der Waals surface area (Å²) in [5.41, 5.74) is 1.68. The van der Waals surface area contributed by atoms with E-state index in [1.165, 1.54) is 0 Å². The minimum Gasteiger partial charge on any atom is -0.491 e. The van der Waals surface area contributed by atoms with Gasteiger partial charge in [-0.3, -0.25) is 4.99 Å². The summed E-state index contributed by atoms with van der Waals surface area (Å²) >= 11 is 7.58. The summed E-state index contributed by atoms with van der Waals surface area (Å²) in [4.78, 5) is 16.2. The normalized spacial score (nSPS) is 18.4. The van der Waals surface area contributed by atoms with E-state index in [1.54, 1.807) is 17.4 Å². The predicted octanol–water partition coefficient (Wildman–Crippen LogP) is 3.90. The van der Waals surface area contributed by atoms with E-state index in [4.69, 9.17) is 31.0 Å². The second-order valence-electron chi connectivity index (χ2n) is 7.76. The monoisotopic (exact) mass is 484 g/mol. The zero-order valence-electron chi connectivity index (χ0n) is 18.0. The Labute approximate surface area is 201 Å². The third kappa shape index (κ3) is 5.73. The third-order valence-electron chi connectivity index (χ3n) is 5.32. The number of guanidine groups is 1. The summed E-state index contributed by atoms with van der Waals surface area (Å²) in [6, 6.07) is 13.4. The number of morpholine rings is 1. The van der Waals surface area contributed by atoms with Crippen LogP contribution in [0.15, 0.2) is 52.8 Å². The SMILES string of the molecule is Clc1cccc(OCC2CN(c3cccc(-c4csc(NC5=NCCCN5)n4)n3)CCO2)c1. The number of hydrogen-bond acceptors (Lipinski definition) is 9. The number of nitrogens with one attached hydrogen (secondary N) is 2. The molecule has 0 saturated carbocycles. The number of anilines is 2. The van der Waals surface area contributed by atoms with E-state index in [1.807, 2.05) is 41.8 Å². The summed E-state index contributed by atoms with van der Waals surface area (Å²) in [7, 11) is 0. The highest BCUT2D eigenvalue weighted by Gasteiger charge is 2.23. The molecule has 0 aliphatic carbocycles. The lowest BCUT2D eigenvalue weighted by molar-refractivity contribution is 0.0101. The number of aliphatic imine (C=N–C) groups is 1. The number of nitrogens with zero attached hydrogens (tertiary/aromatic N) is 4. The Hall–Kier alpha value is -2.88. The Morgan fingerprint density at radius 3 is 3.03 bits per heavy atom. The smallest absolute Gasteiger partial charge is 0.197 e. The molecule has 1 unspecified atom stereocenters. The number of halogens is 1. The number of ether oxygens (including phenoxy) is 2. The van der Waals surface area contributed by atoms with E-state index in [0.29, 0.717) is 24.8 Å². The molecule has 0 spiro atoms. The fourth-order valence-electron chi connectivity index (χ4n) is 3.68. The van der Waals surface area contributed by atoms with Crippen molar-refractivity contribution in [3.8, 4) is 17.1 Å². The second-order valence-corrected chi connectivity index (χ2v) is 9.06. The maximum absolute atomic E-state index is 6.04. The fraction of sp³-hybridized carbons (Fsp3) is 0.348. The molecule has 2 aliphatic rings. The number of hydrogen-bond donors (Lipinski definition) is 2. The first-order chi connectivity index (χ1) is 16.2. The van der Waals surface area contributed by atoms with Crippen LogP contribution >= 0.6 is 22.9 Å². The highest BCUT2D eigenvalue weighted by atomic mass is 35.5. The average molecular weight is 485 g/mol. The quantitative estimate of drug-likeness (QED) is 0.548. The van der Waals surface area contributed by atoms with Crippen LogP contribution in [0.3, 0.4) is 0 Å². The van der Waals surface area contributed by atoms with Gasteiger partial charge >= 0.3 is 0 Å². The molecule has 0 bridgehead atoms. The van der Waals surface area contributed by atoms with Crippen LogP contribution in [0.5, 0.6) is 5.75 Å². The van der Waals surface area contributed by atoms with Crippen LogP contribution in [-0.2, 0) is 4.74 Å². The summed E-state index contributed by atoms with van der Waals surface area (Å²) < 4.78 is 11.8. The zero-order chi connectivity index (χ0) is 22.5. The van der Waals surface area contributed by atoms with Gasteiger partial charge in [-0.1, -0.05) is 23.7 Å². The largest absolute Gasteiger partial charge is 0.491 e. The number of aromatic nitrogens is 2. The van der Waals surface area contributed by atoms with E-state index in [2.05, 4.69) is 20.5 Å². The minimum atomic E-state index is -0.0537. The minimum absolute atomic E-state index is 0.0537. The molecular weight excluding hydrogens is 460 g/mol. The lowest BCUT2D eigenvalue weighted by atomic mass is 10.2. The second kappa shape index (κ2) is 10.4. The molecular formula is C23H25ClN6O2S. The van der Waals surface area contributed by atoms with Gasteiger partial charge in [-0.25, -0.2) is 9.97 Å². The van der Waals surface area contributed by atoms with Crippen molar-refractivity contribution in [1.29, 1.82) is 0 Å². The molecule has 1 atom stereocenters. The highest BCUT2D eigenvalue weighted by Crippen LogP contribution is 2.26. The third-order valence-corrected chi connectivity index (χ3v) is 6.31. The van der Waals surface area contributed by atoms with Crippen LogP contribution in [0, 0.1) is 0 Å². The van der Waals surface area contributed by atoms with E-state index in [0.717, 1.165) is 60.1 Å². The van der Waals surface area contributed by atoms with Crippen molar-refractivity contribution in [2.45, 2.75) is 12.5 Å². The first-order valence-electron chi connectivity index (χ1n) is 11.0. The van der Waals surface area contributed by atoms with Gasteiger partial charge in [-0.2, -0.15) is 0 Å². The van der Waals surface area contributed by atoms with Gasteiger partial charge < -0.3 is 25.0 Å². The van der Waals surface area contributed by atoms with E-state index in [-0.39, 0.29) is 6.10 Å². The first kappa shape index (κ1) is 21.9. The number of thiazole rings is 1. The predicted molar refractivity (Wildman–Crippen MR) is 133 cm³/mol. The molecule has 1 saturated heterocycles. The summed E-state index contributed by atoms with van der Waals surface area (Å²) in [6.45, 7) is 4.32. The van der Waals surface area contributed by atoms with Gasteiger partial charge in [0, 0.05) is 36.6 Å². The molecule has 4 heterocycles. The van der Waals surface area contributed by atoms with Crippen molar-refractivity contribution in [2.24, 2.45) is 4.99 Å². The van der Waals surface area contributed by atoms with E-state index >= 15 is 0 Å². The zero-order valence-corrected chi connectivity index (χ0v) is 19.6. The van der Waals surface area contributed by atoms with Crippen molar-refractivity contribution >= 4 is 39.8 Å². The summed E-state index contributed by atoms with van der Waals surface area (Å²) in [5.74, 6) is 2.43. The summed E-state index contributed by atoms with van der Waals surface area (Å²) in [6.07, 6.45) is 1.00. The van der Waals surface area contributed by atoms with Gasteiger partial charge in [0.05, 0.1) is 12.3 Å². The topological polar surface area (TPSA) is 83.9 Å². The van der Waals surface area contributed by atoms with Gasteiger partial charge in [0.2, 0.25) is 0 Å². The van der Waals surface area contributed by atoms with Crippen molar-refractivity contribution in [3.63, 3.8) is 0 Å². The van der Waals surface area contributed by atoms with Gasteiger partial charge in [-0.05, 0) is 36.8 Å². The van der Waals surface area contributed by atoms with E-state index < -0.39 is 0 Å². The van der Waals surface area contributed by atoms with Gasteiger partial charge in [0.15, 0.2) is 11.1 Å². The molecule has 2 N–H and O–H groups in total. The van der Waals surface area contributed by atoms with Gasteiger partial charge in [-0.15, -0.1) is 11.3 Å². The van der Waals surface area contributed by atoms with Crippen LogP contribution in [0.2, 0.25) is 5.02 Å². The lowest BCUT2D eigenvalue weighted by Crippen LogP contribution is -2.45. The number of benzene rings is 1. The maximum atomic E-state index is 6.04. The van der Waals surface area contributed by atoms with Gasteiger partial charge in [0.1, 0.15) is 30.0 Å². The molecule has 2 aromatic heterocycles. The Morgan fingerprint density at radius 2 is 2.15 bits per heavy atom. The van der Waals surface area contributed by atoms with Crippen molar-refractivity contribution in [3.05, 3.63) is 52.9 Å². The Kier molecular flexibility index (Phi) is 6.89. The maximum Gasteiger partial charge on any atom is 0.197 e. The highest BCUT2D eigenvalue weighted by molar-refractivity contribution is 7.14. The Morgan fingerprint density at radius 1 is 1.21 bits per heavy atom. The molecule has 1 fully saturated rings. The molecule has 0 radical (unpaired) electrons. The lowest BCUT2D eigenvalue weighted by Gasteiger charge is -2.33. The van der Waals surface area contributed by atoms with Crippen molar-refractivity contribution in [2.75, 3.05) is 49.6 Å². The molecule has 5 rings (SSSR count). The van der Waals surface area contributed by atoms with Crippen molar-refractivity contribution in [1.82, 2.24) is 15.3 Å². The van der Waals surface area contributed by atoms with Crippen LogP contribution in [0.25, 0.3) is 11.4 Å². The summed E-state index contributed by atoms with van der Waals surface area (Å²) in [5, 5.41) is 9.98. The molecule has 3 aromatic rings. The molecule has 0 amide bonds.